The summed E-state index contributed by atoms with van der Waals surface area (Å²) in [5, 5.41) is 9.31. The van der Waals surface area contributed by atoms with Gasteiger partial charge in [-0.25, -0.2) is 24.4 Å². The lowest BCUT2D eigenvalue weighted by molar-refractivity contribution is 0.355. The van der Waals surface area contributed by atoms with Crippen LogP contribution in [0.4, 0.5) is 5.82 Å². The Labute approximate surface area is 170 Å². The van der Waals surface area contributed by atoms with Gasteiger partial charge in [0.1, 0.15) is 5.82 Å². The predicted molar refractivity (Wildman–Crippen MR) is 114 cm³/mol. The van der Waals surface area contributed by atoms with Gasteiger partial charge in [0.25, 0.3) is 0 Å². The Morgan fingerprint density at radius 3 is 2.45 bits per heavy atom. The normalized spacial score (nSPS) is 16.0. The third-order valence-corrected chi connectivity index (χ3v) is 6.39. The molecule has 0 spiro atoms. The lowest BCUT2D eigenvalue weighted by atomic mass is 9.84. The summed E-state index contributed by atoms with van der Waals surface area (Å²) in [5.74, 6) is 11.9. The molecular formula is C19H27N7O2S. The van der Waals surface area contributed by atoms with Crippen LogP contribution in [0.3, 0.4) is 0 Å². The average molecular weight is 418 g/mol. The van der Waals surface area contributed by atoms with E-state index in [9.17, 15) is 8.42 Å². The summed E-state index contributed by atoms with van der Waals surface area (Å²) in [4.78, 5) is 4.08. The number of amidine groups is 1. The van der Waals surface area contributed by atoms with Crippen molar-refractivity contribution >= 4 is 21.7 Å². The summed E-state index contributed by atoms with van der Waals surface area (Å²) in [6, 6.07) is 6.98. The first-order valence-electron chi connectivity index (χ1n) is 9.50. The molecule has 156 valence electrons. The van der Waals surface area contributed by atoms with Crippen molar-refractivity contribution in [2.24, 2.45) is 27.8 Å². The van der Waals surface area contributed by atoms with Gasteiger partial charge >= 0.3 is 0 Å². The lowest BCUT2D eigenvalue weighted by Gasteiger charge is -2.24. The van der Waals surface area contributed by atoms with Crippen molar-refractivity contribution in [1.82, 2.24) is 10.4 Å². The number of hydrazine groups is 1. The second-order valence-electron chi connectivity index (χ2n) is 7.32. The molecule has 0 aliphatic heterocycles. The Bertz CT molecular complexity index is 998. The molecule has 0 saturated heterocycles. The van der Waals surface area contributed by atoms with E-state index < -0.39 is 10.0 Å². The first-order valence-corrected chi connectivity index (χ1v) is 11.0. The van der Waals surface area contributed by atoms with Crippen LogP contribution in [0.5, 0.6) is 0 Å². The van der Waals surface area contributed by atoms with E-state index in [2.05, 4.69) is 15.5 Å². The van der Waals surface area contributed by atoms with E-state index >= 15 is 0 Å². The molecule has 1 aliphatic rings. The highest BCUT2D eigenvalue weighted by Gasteiger charge is 2.27. The van der Waals surface area contributed by atoms with Crippen molar-refractivity contribution in [2.45, 2.75) is 43.4 Å². The topological polar surface area (TPSA) is 175 Å². The van der Waals surface area contributed by atoms with Gasteiger partial charge in [-0.05, 0) is 35.6 Å². The van der Waals surface area contributed by atoms with E-state index in [0.29, 0.717) is 34.8 Å². The molecule has 9 N–H and O–H groups in total. The Morgan fingerprint density at radius 1 is 1.17 bits per heavy atom. The number of benzene rings is 1. The lowest BCUT2D eigenvalue weighted by Crippen LogP contribution is -2.35. The number of primary sulfonamides is 1. The number of hydrogen-bond donors (Lipinski definition) is 5. The van der Waals surface area contributed by atoms with Crippen molar-refractivity contribution in [2.75, 3.05) is 5.73 Å². The van der Waals surface area contributed by atoms with Gasteiger partial charge in [0.2, 0.25) is 10.0 Å². The molecule has 0 bridgehead atoms. The molecule has 29 heavy (non-hydrogen) atoms. The SMILES string of the molecule is NN=C(NN)c1c(-c2ccc(N)nc2)ccc(CC2CCCCC2)c1S(N)(=O)=O. The number of sulfonamides is 1. The molecule has 10 heteroatoms. The highest BCUT2D eigenvalue weighted by Crippen LogP contribution is 2.34. The molecule has 0 radical (unpaired) electrons. The van der Waals surface area contributed by atoms with Gasteiger partial charge in [0.05, 0.1) is 4.90 Å². The fourth-order valence-electron chi connectivity index (χ4n) is 4.03. The second-order valence-corrected chi connectivity index (χ2v) is 8.82. The average Bonchev–Trinajstić information content (AvgIpc) is 2.70. The van der Waals surface area contributed by atoms with Gasteiger partial charge in [0, 0.05) is 17.3 Å². The minimum atomic E-state index is -4.10. The molecule has 1 fully saturated rings. The monoisotopic (exact) mass is 417 g/mol. The molecule has 1 heterocycles. The molecule has 1 aromatic heterocycles. The summed E-state index contributed by atoms with van der Waals surface area (Å²) in [5.41, 5.74) is 10.1. The first-order chi connectivity index (χ1) is 13.8. The van der Waals surface area contributed by atoms with E-state index in [0.717, 1.165) is 25.7 Å². The minimum Gasteiger partial charge on any atom is -0.384 e. The van der Waals surface area contributed by atoms with Gasteiger partial charge < -0.3 is 17.0 Å². The number of nitrogens with one attached hydrogen (secondary N) is 1. The highest BCUT2D eigenvalue weighted by atomic mass is 32.2. The van der Waals surface area contributed by atoms with Crippen molar-refractivity contribution < 1.29 is 8.42 Å². The van der Waals surface area contributed by atoms with Gasteiger partial charge in [-0.1, -0.05) is 44.2 Å². The Balaban J connectivity index is 2.24. The van der Waals surface area contributed by atoms with Crippen LogP contribution in [0.15, 0.2) is 40.5 Å². The Hall–Kier alpha value is -2.69. The molecule has 0 amide bonds. The van der Waals surface area contributed by atoms with Crippen molar-refractivity contribution in [3.8, 4) is 11.1 Å². The molecule has 3 rings (SSSR count). The molecule has 9 nitrogen and oxygen atoms in total. The summed E-state index contributed by atoms with van der Waals surface area (Å²) < 4.78 is 25.3. The number of hydrogen-bond acceptors (Lipinski definition) is 7. The molecule has 1 aliphatic carbocycles. The maximum absolute atomic E-state index is 12.7. The number of nitrogen functional groups attached to an aromatic ring is 1. The standard InChI is InChI=1S/C19H27N7O2S/c20-16-9-7-14(11-24-16)15-8-6-13(10-12-4-2-1-3-5-12)18(29(23,27)28)17(15)19(25-21)26-22/h6-9,11-12H,1-5,10,21-22H2,(H2,20,24)(H,25,26)(H2,23,27,28). The first kappa shape index (κ1) is 21.0. The highest BCUT2D eigenvalue weighted by molar-refractivity contribution is 7.89. The van der Waals surface area contributed by atoms with Crippen LogP contribution >= 0.6 is 0 Å². The number of aromatic nitrogens is 1. The van der Waals surface area contributed by atoms with Crippen LogP contribution in [-0.4, -0.2) is 19.2 Å². The summed E-state index contributed by atoms with van der Waals surface area (Å²) >= 11 is 0. The maximum atomic E-state index is 12.7. The number of hydrazone groups is 1. The van der Waals surface area contributed by atoms with E-state index in [1.54, 1.807) is 24.4 Å². The smallest absolute Gasteiger partial charge is 0.239 e. The van der Waals surface area contributed by atoms with Crippen molar-refractivity contribution in [1.29, 1.82) is 0 Å². The van der Waals surface area contributed by atoms with E-state index in [4.69, 9.17) is 22.6 Å². The van der Waals surface area contributed by atoms with Crippen LogP contribution in [0.2, 0.25) is 0 Å². The molecule has 0 atom stereocenters. The maximum Gasteiger partial charge on any atom is 0.239 e. The third-order valence-electron chi connectivity index (χ3n) is 5.36. The third kappa shape index (κ3) is 4.66. The van der Waals surface area contributed by atoms with Crippen molar-refractivity contribution in [3.05, 3.63) is 41.6 Å². The molecule has 1 aromatic carbocycles. The molecule has 1 saturated carbocycles. The Kier molecular flexibility index (Phi) is 6.36. The number of rotatable bonds is 5. The van der Waals surface area contributed by atoms with Gasteiger partial charge in [-0.3, -0.25) is 0 Å². The van der Waals surface area contributed by atoms with Crippen LogP contribution in [-0.2, 0) is 16.4 Å². The summed E-state index contributed by atoms with van der Waals surface area (Å²) in [6.45, 7) is 0. The largest absolute Gasteiger partial charge is 0.384 e. The van der Waals surface area contributed by atoms with Crippen LogP contribution in [0, 0.1) is 5.92 Å². The van der Waals surface area contributed by atoms with E-state index in [-0.39, 0.29) is 16.3 Å². The van der Waals surface area contributed by atoms with Gasteiger partial charge in [0.15, 0.2) is 5.84 Å². The van der Waals surface area contributed by atoms with Crippen LogP contribution < -0.4 is 28.0 Å². The minimum absolute atomic E-state index is 0.0143. The quantitative estimate of drug-likeness (QED) is 0.210. The number of nitrogens with zero attached hydrogens (tertiary/aromatic N) is 2. The van der Waals surface area contributed by atoms with E-state index in [1.807, 2.05) is 6.07 Å². The zero-order valence-electron chi connectivity index (χ0n) is 16.1. The number of nitrogens with two attached hydrogens (primary N) is 4. The zero-order valence-corrected chi connectivity index (χ0v) is 17.0. The predicted octanol–water partition coefficient (Wildman–Crippen LogP) is 1.18. The van der Waals surface area contributed by atoms with Crippen molar-refractivity contribution in [3.63, 3.8) is 0 Å². The molecule has 2 aromatic rings. The van der Waals surface area contributed by atoms with Crippen LogP contribution in [0.1, 0.15) is 43.2 Å². The molecular weight excluding hydrogens is 390 g/mol. The fourth-order valence-corrected chi connectivity index (χ4v) is 5.04. The molecule has 0 unspecified atom stereocenters. The van der Waals surface area contributed by atoms with Gasteiger partial charge in [-0.2, -0.15) is 5.10 Å². The summed E-state index contributed by atoms with van der Waals surface area (Å²) in [6.07, 6.45) is 7.81. The number of pyridine rings is 1. The van der Waals surface area contributed by atoms with Gasteiger partial charge in [-0.15, -0.1) is 0 Å². The number of anilines is 1. The van der Waals surface area contributed by atoms with E-state index in [1.165, 1.54) is 6.42 Å². The zero-order chi connectivity index (χ0) is 21.0. The fraction of sp³-hybridized carbons (Fsp3) is 0.368. The second kappa shape index (κ2) is 8.76. The Morgan fingerprint density at radius 2 is 1.90 bits per heavy atom. The summed E-state index contributed by atoms with van der Waals surface area (Å²) in [7, 11) is -4.10. The van der Waals surface area contributed by atoms with Crippen LogP contribution in [0.25, 0.3) is 11.1 Å².